The summed E-state index contributed by atoms with van der Waals surface area (Å²) < 4.78 is 5.21. The van der Waals surface area contributed by atoms with Gasteiger partial charge in [-0.3, -0.25) is 9.88 Å². The lowest BCUT2D eigenvalue weighted by atomic mass is 10.1. The average Bonchev–Trinajstić information content (AvgIpc) is 2.43. The predicted octanol–water partition coefficient (Wildman–Crippen LogP) is 0.899. The Balaban J connectivity index is 2.22. The van der Waals surface area contributed by atoms with E-state index >= 15 is 0 Å². The molecule has 0 saturated carbocycles. The van der Waals surface area contributed by atoms with E-state index in [4.69, 9.17) is 4.74 Å². The van der Waals surface area contributed by atoms with Gasteiger partial charge in [0.25, 0.3) is 0 Å². The van der Waals surface area contributed by atoms with Crippen LogP contribution in [0.25, 0.3) is 0 Å². The second-order valence-electron chi connectivity index (χ2n) is 4.67. The molecule has 0 spiro atoms. The Morgan fingerprint density at radius 1 is 1.47 bits per heavy atom. The molecule has 1 saturated heterocycles. The first-order chi connectivity index (χ1) is 9.22. The quantitative estimate of drug-likeness (QED) is 0.818. The van der Waals surface area contributed by atoms with Gasteiger partial charge in [0, 0.05) is 38.1 Å². The third-order valence-electron chi connectivity index (χ3n) is 3.28. The molecule has 2 heterocycles. The van der Waals surface area contributed by atoms with Gasteiger partial charge in [0.2, 0.25) is 0 Å². The number of nitrogens with zero attached hydrogens (tertiary/aromatic N) is 2. The van der Waals surface area contributed by atoms with E-state index in [1.165, 1.54) is 0 Å². The minimum atomic E-state index is -0.338. The number of nitrogens with one attached hydrogen (secondary N) is 1. The molecule has 0 aromatic carbocycles. The van der Waals surface area contributed by atoms with Gasteiger partial charge in [-0.1, -0.05) is 6.07 Å². The number of rotatable bonds is 4. The summed E-state index contributed by atoms with van der Waals surface area (Å²) in [6, 6.07) is 3.56. The van der Waals surface area contributed by atoms with Gasteiger partial charge in [0.1, 0.15) is 6.04 Å². The van der Waals surface area contributed by atoms with E-state index in [0.29, 0.717) is 6.61 Å². The Labute approximate surface area is 114 Å². The molecule has 0 aliphatic carbocycles. The highest BCUT2D eigenvalue weighted by atomic mass is 16.5. The van der Waals surface area contributed by atoms with Crippen molar-refractivity contribution in [3.8, 4) is 0 Å². The zero-order valence-corrected chi connectivity index (χ0v) is 11.6. The van der Waals surface area contributed by atoms with Crippen LogP contribution in [-0.4, -0.2) is 48.6 Å². The number of aromatic nitrogens is 1. The molecule has 0 amide bonds. The number of carbonyl (C=O) groups excluding carboxylic acids is 1. The van der Waals surface area contributed by atoms with Crippen LogP contribution in [0, 0.1) is 6.92 Å². The predicted molar refractivity (Wildman–Crippen MR) is 72.8 cm³/mol. The Hall–Kier alpha value is -1.46. The van der Waals surface area contributed by atoms with Gasteiger partial charge in [-0.2, -0.15) is 0 Å². The Kier molecular flexibility index (Phi) is 4.87. The van der Waals surface area contributed by atoms with Gasteiger partial charge in [-0.25, -0.2) is 4.79 Å². The molecule has 1 aliphatic heterocycles. The maximum atomic E-state index is 12.2. The van der Waals surface area contributed by atoms with Crippen LogP contribution in [-0.2, 0) is 9.53 Å². The zero-order valence-electron chi connectivity index (χ0n) is 11.6. The Morgan fingerprint density at radius 2 is 2.21 bits per heavy atom. The van der Waals surface area contributed by atoms with Crippen LogP contribution in [0.3, 0.4) is 0 Å². The SMILES string of the molecule is CCOC(=O)C(c1ccc(C)nc1)N1CCNCC1. The van der Waals surface area contributed by atoms with Crippen LogP contribution in [0.1, 0.15) is 24.2 Å². The topological polar surface area (TPSA) is 54.5 Å². The van der Waals surface area contributed by atoms with E-state index in [9.17, 15) is 4.79 Å². The first kappa shape index (κ1) is 14.0. The number of aryl methyl sites for hydroxylation is 1. The molecule has 5 nitrogen and oxygen atoms in total. The van der Waals surface area contributed by atoms with Crippen molar-refractivity contribution in [2.24, 2.45) is 0 Å². The van der Waals surface area contributed by atoms with E-state index in [1.54, 1.807) is 6.20 Å². The molecule has 1 fully saturated rings. The molecule has 0 bridgehead atoms. The second-order valence-corrected chi connectivity index (χ2v) is 4.67. The van der Waals surface area contributed by atoms with Gasteiger partial charge >= 0.3 is 5.97 Å². The fourth-order valence-corrected chi connectivity index (χ4v) is 2.30. The molecule has 1 aromatic heterocycles. The summed E-state index contributed by atoms with van der Waals surface area (Å²) in [7, 11) is 0. The van der Waals surface area contributed by atoms with Crippen molar-refractivity contribution in [2.45, 2.75) is 19.9 Å². The van der Waals surface area contributed by atoms with Crippen molar-refractivity contribution in [3.63, 3.8) is 0 Å². The maximum Gasteiger partial charge on any atom is 0.328 e. The number of carbonyl (C=O) groups is 1. The largest absolute Gasteiger partial charge is 0.465 e. The highest BCUT2D eigenvalue weighted by Gasteiger charge is 2.30. The third kappa shape index (κ3) is 3.52. The van der Waals surface area contributed by atoms with Crippen LogP contribution in [0.2, 0.25) is 0 Å². The smallest absolute Gasteiger partial charge is 0.328 e. The summed E-state index contributed by atoms with van der Waals surface area (Å²) in [5.41, 5.74) is 1.86. The molecule has 2 rings (SSSR count). The molecule has 1 aromatic rings. The highest BCUT2D eigenvalue weighted by molar-refractivity contribution is 5.77. The molecule has 1 N–H and O–H groups in total. The minimum Gasteiger partial charge on any atom is -0.465 e. The summed E-state index contributed by atoms with van der Waals surface area (Å²) in [5, 5.41) is 3.29. The highest BCUT2D eigenvalue weighted by Crippen LogP contribution is 2.22. The third-order valence-corrected chi connectivity index (χ3v) is 3.28. The molecule has 104 valence electrons. The normalized spacial score (nSPS) is 18.0. The first-order valence-electron chi connectivity index (χ1n) is 6.76. The summed E-state index contributed by atoms with van der Waals surface area (Å²) >= 11 is 0. The van der Waals surface area contributed by atoms with Gasteiger partial charge in [0.05, 0.1) is 6.61 Å². The van der Waals surface area contributed by atoms with Crippen LogP contribution >= 0.6 is 0 Å². The average molecular weight is 263 g/mol. The molecule has 1 unspecified atom stereocenters. The van der Waals surface area contributed by atoms with Crippen molar-refractivity contribution >= 4 is 5.97 Å². The maximum absolute atomic E-state index is 12.2. The van der Waals surface area contributed by atoms with Gasteiger partial charge in [-0.15, -0.1) is 0 Å². The van der Waals surface area contributed by atoms with E-state index in [0.717, 1.165) is 37.4 Å². The fourth-order valence-electron chi connectivity index (χ4n) is 2.30. The number of esters is 1. The summed E-state index contributed by atoms with van der Waals surface area (Å²) in [5.74, 6) is -0.185. The van der Waals surface area contributed by atoms with Crippen molar-refractivity contribution in [3.05, 3.63) is 29.6 Å². The van der Waals surface area contributed by atoms with Crippen molar-refractivity contribution < 1.29 is 9.53 Å². The van der Waals surface area contributed by atoms with E-state index in [-0.39, 0.29) is 12.0 Å². The van der Waals surface area contributed by atoms with Crippen LogP contribution < -0.4 is 5.32 Å². The van der Waals surface area contributed by atoms with Crippen LogP contribution in [0.15, 0.2) is 18.3 Å². The first-order valence-corrected chi connectivity index (χ1v) is 6.76. The lowest BCUT2D eigenvalue weighted by molar-refractivity contribution is -0.150. The molecule has 1 atom stereocenters. The molecule has 5 heteroatoms. The fraction of sp³-hybridized carbons (Fsp3) is 0.571. The lowest BCUT2D eigenvalue weighted by Gasteiger charge is -2.33. The van der Waals surface area contributed by atoms with Crippen molar-refractivity contribution in [2.75, 3.05) is 32.8 Å². The number of ether oxygens (including phenoxy) is 1. The van der Waals surface area contributed by atoms with Crippen LogP contribution in [0.4, 0.5) is 0 Å². The molecule has 0 radical (unpaired) electrons. The minimum absolute atomic E-state index is 0.185. The van der Waals surface area contributed by atoms with E-state index < -0.39 is 0 Å². The van der Waals surface area contributed by atoms with Gasteiger partial charge in [-0.05, 0) is 25.5 Å². The Morgan fingerprint density at radius 3 is 2.79 bits per heavy atom. The summed E-state index contributed by atoms with van der Waals surface area (Å²) in [6.07, 6.45) is 1.78. The molecular weight excluding hydrogens is 242 g/mol. The van der Waals surface area contributed by atoms with Gasteiger partial charge < -0.3 is 10.1 Å². The monoisotopic (exact) mass is 263 g/mol. The summed E-state index contributed by atoms with van der Waals surface area (Å²) in [4.78, 5) is 18.7. The lowest BCUT2D eigenvalue weighted by Crippen LogP contribution is -2.47. The zero-order chi connectivity index (χ0) is 13.7. The standard InChI is InChI=1S/C14H21N3O2/c1-3-19-14(18)13(17-8-6-15-7-9-17)12-5-4-11(2)16-10-12/h4-5,10,13,15H,3,6-9H2,1-2H3. The van der Waals surface area contributed by atoms with Gasteiger partial charge in [0.15, 0.2) is 0 Å². The van der Waals surface area contributed by atoms with Crippen molar-refractivity contribution in [1.29, 1.82) is 0 Å². The number of piperazine rings is 1. The summed E-state index contributed by atoms with van der Waals surface area (Å²) in [6.45, 7) is 7.66. The second kappa shape index (κ2) is 6.63. The number of hydrogen-bond donors (Lipinski definition) is 1. The molecule has 19 heavy (non-hydrogen) atoms. The Bertz CT molecular complexity index is 413. The van der Waals surface area contributed by atoms with Crippen LogP contribution in [0.5, 0.6) is 0 Å². The van der Waals surface area contributed by atoms with Crippen molar-refractivity contribution in [1.82, 2.24) is 15.2 Å². The van der Waals surface area contributed by atoms with E-state index in [2.05, 4.69) is 15.2 Å². The number of pyridine rings is 1. The van der Waals surface area contributed by atoms with E-state index in [1.807, 2.05) is 26.0 Å². The number of hydrogen-bond acceptors (Lipinski definition) is 5. The molecular formula is C14H21N3O2. The molecule has 1 aliphatic rings.